The van der Waals surface area contributed by atoms with Crippen molar-refractivity contribution in [1.29, 1.82) is 0 Å². The minimum Gasteiger partial charge on any atom is -0.350 e. The average molecular weight is 254 g/mol. The molecule has 1 aromatic rings. The molecule has 1 heterocycles. The smallest absolute Gasteiger partial charge is 0.261 e. The molecule has 0 saturated carbocycles. The molecule has 0 radical (unpaired) electrons. The lowest BCUT2D eigenvalue weighted by molar-refractivity contribution is 0.0958. The summed E-state index contributed by atoms with van der Waals surface area (Å²) < 4.78 is 0. The van der Waals surface area contributed by atoms with Gasteiger partial charge in [-0.1, -0.05) is 20.3 Å². The van der Waals surface area contributed by atoms with Crippen LogP contribution in [0.15, 0.2) is 6.07 Å². The molecule has 0 aliphatic carbocycles. The van der Waals surface area contributed by atoms with E-state index in [1.807, 2.05) is 13.1 Å². The first-order valence-corrected chi connectivity index (χ1v) is 7.08. The summed E-state index contributed by atoms with van der Waals surface area (Å²) in [6, 6.07) is 2.05. The number of hydrogen-bond acceptors (Lipinski definition) is 3. The predicted molar refractivity (Wildman–Crippen MR) is 74.0 cm³/mol. The van der Waals surface area contributed by atoms with Crippen molar-refractivity contribution < 1.29 is 4.79 Å². The molecule has 2 N–H and O–H groups in total. The SMILES string of the molecule is CCCc1sc(C(=O)NCCNC)cc1CC. The van der Waals surface area contributed by atoms with Gasteiger partial charge in [0.1, 0.15) is 0 Å². The molecule has 96 valence electrons. The van der Waals surface area contributed by atoms with Crippen LogP contribution in [0.1, 0.15) is 40.4 Å². The van der Waals surface area contributed by atoms with Gasteiger partial charge in [0.25, 0.3) is 5.91 Å². The molecule has 3 nitrogen and oxygen atoms in total. The van der Waals surface area contributed by atoms with Gasteiger partial charge in [-0.3, -0.25) is 4.79 Å². The van der Waals surface area contributed by atoms with Crippen LogP contribution in [-0.4, -0.2) is 26.0 Å². The standard InChI is InChI=1S/C13H22N2OS/c1-4-6-11-10(5-2)9-12(17-11)13(16)15-8-7-14-3/h9,14H,4-8H2,1-3H3,(H,15,16). The van der Waals surface area contributed by atoms with E-state index in [1.165, 1.54) is 10.4 Å². The number of aryl methyl sites for hydroxylation is 2. The van der Waals surface area contributed by atoms with Crippen molar-refractivity contribution in [3.8, 4) is 0 Å². The van der Waals surface area contributed by atoms with Crippen LogP contribution in [0.25, 0.3) is 0 Å². The second-order valence-corrected chi connectivity index (χ2v) is 5.16. The minimum absolute atomic E-state index is 0.0577. The number of rotatable bonds is 7. The Balaban J connectivity index is 2.66. The maximum atomic E-state index is 11.9. The van der Waals surface area contributed by atoms with Gasteiger partial charge in [0.2, 0.25) is 0 Å². The van der Waals surface area contributed by atoms with Crippen LogP contribution in [0.2, 0.25) is 0 Å². The largest absolute Gasteiger partial charge is 0.350 e. The second-order valence-electron chi connectivity index (χ2n) is 4.02. The fraction of sp³-hybridized carbons (Fsp3) is 0.615. The van der Waals surface area contributed by atoms with Crippen molar-refractivity contribution in [2.45, 2.75) is 33.1 Å². The molecule has 0 aliphatic heterocycles. The zero-order valence-electron chi connectivity index (χ0n) is 10.9. The summed E-state index contributed by atoms with van der Waals surface area (Å²) in [5.74, 6) is 0.0577. The van der Waals surface area contributed by atoms with Crippen molar-refractivity contribution in [1.82, 2.24) is 10.6 Å². The van der Waals surface area contributed by atoms with Gasteiger partial charge in [-0.2, -0.15) is 0 Å². The Bertz CT molecular complexity index is 360. The third-order valence-electron chi connectivity index (χ3n) is 2.64. The Morgan fingerprint density at radius 2 is 2.12 bits per heavy atom. The highest BCUT2D eigenvalue weighted by Gasteiger charge is 2.12. The Morgan fingerprint density at radius 3 is 2.71 bits per heavy atom. The van der Waals surface area contributed by atoms with Gasteiger partial charge in [0.05, 0.1) is 4.88 Å². The summed E-state index contributed by atoms with van der Waals surface area (Å²) >= 11 is 1.64. The molecule has 0 atom stereocenters. The van der Waals surface area contributed by atoms with Gasteiger partial charge < -0.3 is 10.6 Å². The van der Waals surface area contributed by atoms with Crippen LogP contribution >= 0.6 is 11.3 Å². The molecular formula is C13H22N2OS. The topological polar surface area (TPSA) is 41.1 Å². The maximum Gasteiger partial charge on any atom is 0.261 e. The number of nitrogens with one attached hydrogen (secondary N) is 2. The molecular weight excluding hydrogens is 232 g/mol. The molecule has 0 aromatic carbocycles. The molecule has 1 amide bonds. The summed E-state index contributed by atoms with van der Waals surface area (Å²) in [6.07, 6.45) is 3.22. The molecule has 0 unspecified atom stereocenters. The lowest BCUT2D eigenvalue weighted by atomic mass is 10.1. The van der Waals surface area contributed by atoms with Gasteiger partial charge in [-0.15, -0.1) is 11.3 Å². The lowest BCUT2D eigenvalue weighted by Gasteiger charge is -2.01. The van der Waals surface area contributed by atoms with E-state index in [1.54, 1.807) is 11.3 Å². The summed E-state index contributed by atoms with van der Waals surface area (Å²) in [7, 11) is 1.88. The highest BCUT2D eigenvalue weighted by Crippen LogP contribution is 2.24. The summed E-state index contributed by atoms with van der Waals surface area (Å²) in [6.45, 7) is 5.80. The van der Waals surface area contributed by atoms with Crippen LogP contribution in [0, 0.1) is 0 Å². The predicted octanol–water partition coefficient (Wildman–Crippen LogP) is 2.21. The summed E-state index contributed by atoms with van der Waals surface area (Å²) in [4.78, 5) is 14.1. The van der Waals surface area contributed by atoms with E-state index >= 15 is 0 Å². The minimum atomic E-state index is 0.0577. The Labute approximate surface area is 108 Å². The normalized spacial score (nSPS) is 10.5. The van der Waals surface area contributed by atoms with Crippen LogP contribution in [0.3, 0.4) is 0 Å². The Morgan fingerprint density at radius 1 is 1.35 bits per heavy atom. The molecule has 17 heavy (non-hydrogen) atoms. The number of amides is 1. The van der Waals surface area contributed by atoms with Gasteiger partial charge in [-0.05, 0) is 31.5 Å². The van der Waals surface area contributed by atoms with Crippen molar-refractivity contribution in [2.75, 3.05) is 20.1 Å². The lowest BCUT2D eigenvalue weighted by Crippen LogP contribution is -2.29. The fourth-order valence-electron chi connectivity index (χ4n) is 1.70. The first-order chi connectivity index (χ1) is 8.22. The van der Waals surface area contributed by atoms with Crippen LogP contribution in [0.4, 0.5) is 0 Å². The van der Waals surface area contributed by atoms with E-state index in [2.05, 4.69) is 24.5 Å². The second kappa shape index (κ2) is 7.45. The molecule has 1 aromatic heterocycles. The Hall–Kier alpha value is -0.870. The van der Waals surface area contributed by atoms with Crippen molar-refractivity contribution in [3.05, 3.63) is 21.4 Å². The zero-order chi connectivity index (χ0) is 12.7. The molecule has 0 bridgehead atoms. The first kappa shape index (κ1) is 14.2. The van der Waals surface area contributed by atoms with Crippen LogP contribution in [0.5, 0.6) is 0 Å². The average Bonchev–Trinajstić information content (AvgIpc) is 2.73. The quantitative estimate of drug-likeness (QED) is 0.733. The Kier molecular flexibility index (Phi) is 6.22. The van der Waals surface area contributed by atoms with Crippen molar-refractivity contribution in [3.63, 3.8) is 0 Å². The molecule has 0 spiro atoms. The summed E-state index contributed by atoms with van der Waals surface area (Å²) in [5, 5.41) is 5.93. The maximum absolute atomic E-state index is 11.9. The van der Waals surface area contributed by atoms with E-state index in [0.29, 0.717) is 6.54 Å². The van der Waals surface area contributed by atoms with Crippen molar-refractivity contribution >= 4 is 17.2 Å². The number of likely N-dealkylation sites (N-methyl/N-ethyl adjacent to an activating group) is 1. The van der Waals surface area contributed by atoms with E-state index in [9.17, 15) is 4.79 Å². The molecule has 1 rings (SSSR count). The summed E-state index contributed by atoms with van der Waals surface area (Å²) in [5.41, 5.74) is 1.33. The van der Waals surface area contributed by atoms with Gasteiger partial charge in [0.15, 0.2) is 0 Å². The molecule has 0 aliphatic rings. The third-order valence-corrected chi connectivity index (χ3v) is 3.87. The van der Waals surface area contributed by atoms with Gasteiger partial charge in [-0.25, -0.2) is 0 Å². The molecule has 0 fully saturated rings. The van der Waals surface area contributed by atoms with Crippen LogP contribution in [-0.2, 0) is 12.8 Å². The van der Waals surface area contributed by atoms with E-state index in [0.717, 1.165) is 30.7 Å². The number of carbonyl (C=O) groups is 1. The van der Waals surface area contributed by atoms with Gasteiger partial charge in [0, 0.05) is 18.0 Å². The van der Waals surface area contributed by atoms with E-state index < -0.39 is 0 Å². The first-order valence-electron chi connectivity index (χ1n) is 6.27. The van der Waals surface area contributed by atoms with Crippen molar-refractivity contribution in [2.24, 2.45) is 0 Å². The van der Waals surface area contributed by atoms with Crippen LogP contribution < -0.4 is 10.6 Å². The number of thiophene rings is 1. The van der Waals surface area contributed by atoms with E-state index in [4.69, 9.17) is 0 Å². The molecule has 0 saturated heterocycles. The monoisotopic (exact) mass is 254 g/mol. The third kappa shape index (κ3) is 4.13. The zero-order valence-corrected chi connectivity index (χ0v) is 11.7. The van der Waals surface area contributed by atoms with E-state index in [-0.39, 0.29) is 5.91 Å². The molecule has 4 heteroatoms. The number of carbonyl (C=O) groups excluding carboxylic acids is 1. The highest BCUT2D eigenvalue weighted by molar-refractivity contribution is 7.14. The fourth-order valence-corrected chi connectivity index (χ4v) is 2.98. The number of hydrogen-bond donors (Lipinski definition) is 2. The highest BCUT2D eigenvalue weighted by atomic mass is 32.1. The van der Waals surface area contributed by atoms with Gasteiger partial charge >= 0.3 is 0 Å².